The normalized spacial score (nSPS) is 17.5. The fraction of sp³-hybridized carbons (Fsp3) is 0.900. The zero-order valence-corrected chi connectivity index (χ0v) is 11.2. The van der Waals surface area contributed by atoms with Crippen LogP contribution < -0.4 is 0 Å². The van der Waals surface area contributed by atoms with Gasteiger partial charge in [0.2, 0.25) is 0 Å². The molecule has 0 unspecified atom stereocenters. The van der Waals surface area contributed by atoms with Gasteiger partial charge in [-0.25, -0.2) is 0 Å². The summed E-state index contributed by atoms with van der Waals surface area (Å²) in [4.78, 5) is 0. The minimum Gasteiger partial charge on any atom is -0.450 e. The number of hydrogen-bond donors (Lipinski definition) is 0. The molecule has 100 valence electrons. The largest absolute Gasteiger partial charge is 0.450 e. The molecule has 0 spiro atoms. The Morgan fingerprint density at radius 2 is 1.65 bits per heavy atom. The molecule has 0 atom stereocenters. The average Bonchev–Trinajstić information content (AvgIpc) is 2.30. The Labute approximate surface area is 103 Å². The lowest BCUT2D eigenvalue weighted by Gasteiger charge is -2.23. The predicted octanol–water partition coefficient (Wildman–Crippen LogP) is 1.15. The van der Waals surface area contributed by atoms with Crippen LogP contribution in [0.15, 0.2) is 4.40 Å². The summed E-state index contributed by atoms with van der Waals surface area (Å²) >= 11 is 0. The molecular weight excluding hydrogens is 244 g/mol. The lowest BCUT2D eigenvalue weighted by molar-refractivity contribution is 0.182. The minimum atomic E-state index is -3.66. The van der Waals surface area contributed by atoms with E-state index in [2.05, 4.69) is 4.40 Å². The molecule has 0 aromatic rings. The molecule has 1 saturated heterocycles. The predicted molar refractivity (Wildman–Crippen MR) is 65.0 cm³/mol. The summed E-state index contributed by atoms with van der Waals surface area (Å²) in [5.74, 6) is 0. The molecule has 0 aromatic heterocycles. The van der Waals surface area contributed by atoms with E-state index in [9.17, 15) is 8.42 Å². The van der Waals surface area contributed by atoms with Crippen LogP contribution in [0.2, 0.25) is 0 Å². The highest BCUT2D eigenvalue weighted by Crippen LogP contribution is 2.14. The van der Waals surface area contributed by atoms with Gasteiger partial charge in [-0.1, -0.05) is 10.8 Å². The lowest BCUT2D eigenvalue weighted by Crippen LogP contribution is -2.35. The summed E-state index contributed by atoms with van der Waals surface area (Å²) in [6.07, 6.45) is 2.67. The molecule has 0 bridgehead atoms. The molecule has 0 amide bonds. The fourth-order valence-corrected chi connectivity index (χ4v) is 2.72. The fourth-order valence-electron chi connectivity index (χ4n) is 1.59. The van der Waals surface area contributed by atoms with Crippen molar-refractivity contribution in [3.05, 3.63) is 0 Å². The molecule has 1 aliphatic heterocycles. The standard InChI is InChI=1S/C10H20N2O4S/c1-3-15-10(16-4-2)11-17(13,14)12-8-6-5-7-9-12/h3-9H2,1-2H3. The van der Waals surface area contributed by atoms with E-state index in [1.165, 1.54) is 4.31 Å². The summed E-state index contributed by atoms with van der Waals surface area (Å²) in [5, 5.41) is 0. The van der Waals surface area contributed by atoms with Gasteiger partial charge in [0.25, 0.3) is 0 Å². The number of ether oxygens (including phenoxy) is 2. The van der Waals surface area contributed by atoms with Crippen LogP contribution in [0.1, 0.15) is 33.1 Å². The molecule has 0 N–H and O–H groups in total. The summed E-state index contributed by atoms with van der Waals surface area (Å²) in [6, 6.07) is 0. The van der Waals surface area contributed by atoms with Crippen molar-refractivity contribution in [1.82, 2.24) is 4.31 Å². The SMILES string of the molecule is CCOC(=NS(=O)(=O)N1CCCCC1)OCC. The van der Waals surface area contributed by atoms with Gasteiger partial charge in [-0.3, -0.25) is 0 Å². The highest BCUT2D eigenvalue weighted by Gasteiger charge is 2.24. The Morgan fingerprint density at radius 3 is 2.12 bits per heavy atom. The van der Waals surface area contributed by atoms with E-state index in [1.54, 1.807) is 13.8 Å². The van der Waals surface area contributed by atoms with Crippen LogP contribution in [0.3, 0.4) is 0 Å². The molecule has 6 nitrogen and oxygen atoms in total. The Balaban J connectivity index is 2.75. The van der Waals surface area contributed by atoms with Crippen molar-refractivity contribution in [2.24, 2.45) is 4.40 Å². The van der Waals surface area contributed by atoms with Gasteiger partial charge in [0.15, 0.2) is 0 Å². The molecule has 1 rings (SSSR count). The third kappa shape index (κ3) is 4.51. The van der Waals surface area contributed by atoms with Crippen LogP contribution in [0, 0.1) is 0 Å². The third-order valence-electron chi connectivity index (χ3n) is 2.37. The molecule has 0 aliphatic carbocycles. The molecule has 1 heterocycles. The van der Waals surface area contributed by atoms with Gasteiger partial charge in [0, 0.05) is 13.1 Å². The topological polar surface area (TPSA) is 68.2 Å². The van der Waals surface area contributed by atoms with E-state index in [4.69, 9.17) is 9.47 Å². The van der Waals surface area contributed by atoms with Crippen LogP contribution >= 0.6 is 0 Å². The zero-order chi connectivity index (χ0) is 12.7. The number of piperidine rings is 1. The quantitative estimate of drug-likeness (QED) is 0.564. The van der Waals surface area contributed by atoms with Crippen molar-refractivity contribution in [3.8, 4) is 0 Å². The van der Waals surface area contributed by atoms with Crippen molar-refractivity contribution in [2.75, 3.05) is 26.3 Å². The highest BCUT2D eigenvalue weighted by molar-refractivity contribution is 7.87. The zero-order valence-electron chi connectivity index (χ0n) is 10.4. The number of rotatable bonds is 4. The van der Waals surface area contributed by atoms with Crippen LogP contribution in [-0.2, 0) is 19.7 Å². The first kappa shape index (κ1) is 14.2. The van der Waals surface area contributed by atoms with Gasteiger partial charge < -0.3 is 9.47 Å². The van der Waals surface area contributed by atoms with Crippen LogP contribution in [0.5, 0.6) is 0 Å². The number of hydrogen-bond acceptors (Lipinski definition) is 4. The van der Waals surface area contributed by atoms with E-state index in [1.807, 2.05) is 0 Å². The van der Waals surface area contributed by atoms with E-state index < -0.39 is 10.2 Å². The van der Waals surface area contributed by atoms with Crippen molar-refractivity contribution >= 4 is 16.3 Å². The van der Waals surface area contributed by atoms with Crippen molar-refractivity contribution in [2.45, 2.75) is 33.1 Å². The molecule has 1 fully saturated rings. The summed E-state index contributed by atoms with van der Waals surface area (Å²) < 4.78 is 38.9. The summed E-state index contributed by atoms with van der Waals surface area (Å²) in [7, 11) is -3.66. The van der Waals surface area contributed by atoms with Gasteiger partial charge in [0.05, 0.1) is 13.2 Å². The second-order valence-electron chi connectivity index (χ2n) is 3.66. The first-order valence-electron chi connectivity index (χ1n) is 5.95. The Bertz CT molecular complexity index is 339. The van der Waals surface area contributed by atoms with Gasteiger partial charge in [-0.05, 0) is 26.7 Å². The first-order valence-corrected chi connectivity index (χ1v) is 7.35. The Hall–Kier alpha value is -0.820. The van der Waals surface area contributed by atoms with Gasteiger partial charge >= 0.3 is 16.3 Å². The molecular formula is C10H20N2O4S. The van der Waals surface area contributed by atoms with Crippen LogP contribution in [0.4, 0.5) is 0 Å². The van der Waals surface area contributed by atoms with E-state index in [-0.39, 0.29) is 6.08 Å². The van der Waals surface area contributed by atoms with E-state index in [0.29, 0.717) is 26.3 Å². The molecule has 17 heavy (non-hydrogen) atoms. The molecule has 7 heteroatoms. The smallest absolute Gasteiger partial charge is 0.400 e. The van der Waals surface area contributed by atoms with Crippen LogP contribution in [0.25, 0.3) is 0 Å². The second-order valence-corrected chi connectivity index (χ2v) is 5.26. The number of nitrogens with zero attached hydrogens (tertiary/aromatic N) is 2. The maximum Gasteiger partial charge on any atom is 0.400 e. The van der Waals surface area contributed by atoms with Gasteiger partial charge in [0.1, 0.15) is 0 Å². The maximum atomic E-state index is 11.9. The van der Waals surface area contributed by atoms with Crippen LogP contribution in [-0.4, -0.2) is 45.1 Å². The molecule has 0 saturated carbocycles. The summed E-state index contributed by atoms with van der Waals surface area (Å²) in [5.41, 5.74) is 0. The second kappa shape index (κ2) is 6.80. The van der Waals surface area contributed by atoms with Gasteiger partial charge in [-0.2, -0.15) is 12.7 Å². The lowest BCUT2D eigenvalue weighted by atomic mass is 10.2. The monoisotopic (exact) mass is 264 g/mol. The van der Waals surface area contributed by atoms with Crippen molar-refractivity contribution in [1.29, 1.82) is 0 Å². The molecule has 0 radical (unpaired) electrons. The Morgan fingerprint density at radius 1 is 1.12 bits per heavy atom. The molecule has 0 aromatic carbocycles. The average molecular weight is 264 g/mol. The molecule has 1 aliphatic rings. The highest BCUT2D eigenvalue weighted by atomic mass is 32.2. The minimum absolute atomic E-state index is 0.166. The first-order chi connectivity index (χ1) is 8.10. The van der Waals surface area contributed by atoms with E-state index in [0.717, 1.165) is 19.3 Å². The third-order valence-corrected chi connectivity index (χ3v) is 3.76. The van der Waals surface area contributed by atoms with E-state index >= 15 is 0 Å². The Kier molecular flexibility index (Phi) is 5.70. The van der Waals surface area contributed by atoms with Crippen molar-refractivity contribution < 1.29 is 17.9 Å². The summed E-state index contributed by atoms with van der Waals surface area (Å²) in [6.45, 7) is 5.21. The maximum absolute atomic E-state index is 11.9. The van der Waals surface area contributed by atoms with Gasteiger partial charge in [-0.15, -0.1) is 0 Å². The van der Waals surface area contributed by atoms with Crippen molar-refractivity contribution in [3.63, 3.8) is 0 Å².